The van der Waals surface area contributed by atoms with Crippen LogP contribution in [0, 0.1) is 5.82 Å². The minimum absolute atomic E-state index is 0.0149. The van der Waals surface area contributed by atoms with Gasteiger partial charge in [0, 0.05) is 25.1 Å². The lowest BCUT2D eigenvalue weighted by Gasteiger charge is -2.06. The third-order valence-corrected chi connectivity index (χ3v) is 3.68. The van der Waals surface area contributed by atoms with E-state index in [0.29, 0.717) is 23.1 Å². The molecule has 3 rings (SSSR count). The highest BCUT2D eigenvalue weighted by Crippen LogP contribution is 2.27. The predicted molar refractivity (Wildman–Crippen MR) is 88.8 cm³/mol. The fourth-order valence-corrected chi connectivity index (χ4v) is 2.58. The minimum atomic E-state index is -0.748. The topological polar surface area (TPSA) is 96.2 Å². The van der Waals surface area contributed by atoms with Crippen LogP contribution in [-0.2, 0) is 11.3 Å². The molecule has 0 fully saturated rings. The van der Waals surface area contributed by atoms with E-state index in [9.17, 15) is 14.0 Å². The molecule has 0 spiro atoms. The standard InChI is InChI=1S/C17H15FN4O3/c1-10(23)20-15-9-22(8-11-2-4-12(18)5-3-11)16-7-19-14(6-13(15)16)17(24)21-25/h2-7,9,25H,8H2,1H3,(H,20,23)(H,21,24). The summed E-state index contributed by atoms with van der Waals surface area (Å²) in [6.45, 7) is 1.81. The molecule has 0 aliphatic carbocycles. The lowest BCUT2D eigenvalue weighted by atomic mass is 10.2. The summed E-state index contributed by atoms with van der Waals surface area (Å²) in [4.78, 5) is 27.0. The van der Waals surface area contributed by atoms with Crippen molar-refractivity contribution in [2.75, 3.05) is 5.32 Å². The van der Waals surface area contributed by atoms with Crippen molar-refractivity contribution in [3.8, 4) is 0 Å². The maximum atomic E-state index is 13.1. The zero-order chi connectivity index (χ0) is 18.0. The SMILES string of the molecule is CC(=O)Nc1cn(Cc2ccc(F)cc2)c2cnc(C(=O)NO)cc12. The Morgan fingerprint density at radius 1 is 1.28 bits per heavy atom. The molecule has 0 unspecified atom stereocenters. The number of hydrogen-bond donors (Lipinski definition) is 3. The summed E-state index contributed by atoms with van der Waals surface area (Å²) in [7, 11) is 0. The minimum Gasteiger partial charge on any atom is -0.340 e. The van der Waals surface area contributed by atoms with Crippen molar-refractivity contribution in [2.45, 2.75) is 13.5 Å². The van der Waals surface area contributed by atoms with E-state index in [4.69, 9.17) is 5.21 Å². The largest absolute Gasteiger partial charge is 0.340 e. The van der Waals surface area contributed by atoms with Gasteiger partial charge in [0.25, 0.3) is 5.91 Å². The van der Waals surface area contributed by atoms with Gasteiger partial charge in [0.1, 0.15) is 11.5 Å². The Kier molecular flexibility index (Phi) is 4.44. The van der Waals surface area contributed by atoms with Crippen molar-refractivity contribution in [3.63, 3.8) is 0 Å². The van der Waals surface area contributed by atoms with E-state index in [1.165, 1.54) is 36.8 Å². The molecule has 2 amide bonds. The van der Waals surface area contributed by atoms with E-state index in [2.05, 4.69) is 10.3 Å². The third kappa shape index (κ3) is 3.48. The van der Waals surface area contributed by atoms with Crippen LogP contribution in [-0.4, -0.2) is 26.6 Å². The summed E-state index contributed by atoms with van der Waals surface area (Å²) in [5.74, 6) is -1.32. The Balaban J connectivity index is 2.07. The summed E-state index contributed by atoms with van der Waals surface area (Å²) in [6, 6.07) is 7.56. The predicted octanol–water partition coefficient (Wildman–Crippen LogP) is 2.30. The van der Waals surface area contributed by atoms with Crippen LogP contribution in [0.2, 0.25) is 0 Å². The molecule has 128 valence electrons. The monoisotopic (exact) mass is 342 g/mol. The lowest BCUT2D eigenvalue weighted by Crippen LogP contribution is -2.19. The van der Waals surface area contributed by atoms with Gasteiger partial charge in [-0.1, -0.05) is 12.1 Å². The van der Waals surface area contributed by atoms with Gasteiger partial charge in [-0.15, -0.1) is 0 Å². The molecule has 7 nitrogen and oxygen atoms in total. The first-order chi connectivity index (χ1) is 12.0. The van der Waals surface area contributed by atoms with Crippen LogP contribution in [0.15, 0.2) is 42.7 Å². The van der Waals surface area contributed by atoms with Gasteiger partial charge < -0.3 is 9.88 Å². The first kappa shape index (κ1) is 16.6. The second-order valence-corrected chi connectivity index (χ2v) is 5.51. The fourth-order valence-electron chi connectivity index (χ4n) is 2.58. The molecule has 0 radical (unpaired) electrons. The maximum absolute atomic E-state index is 13.1. The molecule has 0 bridgehead atoms. The van der Waals surface area contributed by atoms with E-state index in [1.807, 2.05) is 4.57 Å². The summed E-state index contributed by atoms with van der Waals surface area (Å²) in [5.41, 5.74) is 3.60. The molecule has 25 heavy (non-hydrogen) atoms. The van der Waals surface area contributed by atoms with E-state index < -0.39 is 5.91 Å². The Bertz CT molecular complexity index is 950. The highest BCUT2D eigenvalue weighted by atomic mass is 19.1. The molecule has 0 atom stereocenters. The van der Waals surface area contributed by atoms with Gasteiger partial charge in [0.15, 0.2) is 0 Å². The summed E-state index contributed by atoms with van der Waals surface area (Å²) in [6.07, 6.45) is 3.20. The van der Waals surface area contributed by atoms with Gasteiger partial charge in [-0.3, -0.25) is 14.8 Å². The fraction of sp³-hybridized carbons (Fsp3) is 0.118. The van der Waals surface area contributed by atoms with E-state index >= 15 is 0 Å². The Hall–Kier alpha value is -3.26. The molecular formula is C17H15FN4O3. The van der Waals surface area contributed by atoms with E-state index in [1.54, 1.807) is 18.3 Å². The number of nitrogens with one attached hydrogen (secondary N) is 2. The van der Waals surface area contributed by atoms with E-state index in [-0.39, 0.29) is 17.4 Å². The number of pyridine rings is 1. The van der Waals surface area contributed by atoms with Gasteiger partial charge in [-0.2, -0.15) is 0 Å². The molecule has 3 aromatic rings. The van der Waals surface area contributed by atoms with Crippen molar-refractivity contribution in [3.05, 3.63) is 59.8 Å². The van der Waals surface area contributed by atoms with Crippen LogP contribution in [0.25, 0.3) is 10.9 Å². The number of aromatic nitrogens is 2. The van der Waals surface area contributed by atoms with Crippen LogP contribution in [0.4, 0.5) is 10.1 Å². The molecule has 8 heteroatoms. The molecule has 0 saturated carbocycles. The highest BCUT2D eigenvalue weighted by molar-refractivity contribution is 6.03. The molecule has 0 saturated heterocycles. The second kappa shape index (κ2) is 6.70. The number of benzene rings is 1. The maximum Gasteiger partial charge on any atom is 0.293 e. The molecule has 2 aromatic heterocycles. The first-order valence-corrected chi connectivity index (χ1v) is 7.43. The van der Waals surface area contributed by atoms with Crippen molar-refractivity contribution in [2.24, 2.45) is 0 Å². The molecule has 2 heterocycles. The van der Waals surface area contributed by atoms with Crippen molar-refractivity contribution < 1.29 is 19.2 Å². The van der Waals surface area contributed by atoms with Crippen LogP contribution in [0.3, 0.4) is 0 Å². The third-order valence-electron chi connectivity index (χ3n) is 3.68. The van der Waals surface area contributed by atoms with Crippen molar-refractivity contribution >= 4 is 28.4 Å². The van der Waals surface area contributed by atoms with Crippen LogP contribution >= 0.6 is 0 Å². The van der Waals surface area contributed by atoms with Crippen molar-refractivity contribution in [1.82, 2.24) is 15.0 Å². The Labute approximate surface area is 142 Å². The molecule has 3 N–H and O–H groups in total. The second-order valence-electron chi connectivity index (χ2n) is 5.51. The normalized spacial score (nSPS) is 10.7. The van der Waals surface area contributed by atoms with Crippen molar-refractivity contribution in [1.29, 1.82) is 0 Å². The quantitative estimate of drug-likeness (QED) is 0.501. The molecule has 0 aliphatic rings. The lowest BCUT2D eigenvalue weighted by molar-refractivity contribution is -0.114. The number of amides is 2. The van der Waals surface area contributed by atoms with Gasteiger partial charge in [-0.05, 0) is 23.8 Å². The van der Waals surface area contributed by atoms with Crippen LogP contribution in [0.1, 0.15) is 23.0 Å². The number of anilines is 1. The van der Waals surface area contributed by atoms with Gasteiger partial charge >= 0.3 is 0 Å². The van der Waals surface area contributed by atoms with Crippen LogP contribution < -0.4 is 10.8 Å². The van der Waals surface area contributed by atoms with E-state index in [0.717, 1.165) is 5.56 Å². The highest BCUT2D eigenvalue weighted by Gasteiger charge is 2.14. The zero-order valence-electron chi connectivity index (χ0n) is 13.3. The molecular weight excluding hydrogens is 327 g/mol. The summed E-state index contributed by atoms with van der Waals surface area (Å²) in [5, 5.41) is 12.1. The number of rotatable bonds is 4. The number of hydroxylamine groups is 1. The zero-order valence-corrected chi connectivity index (χ0v) is 13.3. The number of halogens is 1. The smallest absolute Gasteiger partial charge is 0.293 e. The first-order valence-electron chi connectivity index (χ1n) is 7.43. The van der Waals surface area contributed by atoms with Gasteiger partial charge in [-0.25, -0.2) is 14.9 Å². The summed E-state index contributed by atoms with van der Waals surface area (Å²) < 4.78 is 14.9. The number of fused-ring (bicyclic) bond motifs is 1. The van der Waals surface area contributed by atoms with Gasteiger partial charge in [0.2, 0.25) is 5.91 Å². The molecule has 1 aromatic carbocycles. The summed E-state index contributed by atoms with van der Waals surface area (Å²) >= 11 is 0. The number of carbonyl (C=O) groups excluding carboxylic acids is 2. The average Bonchev–Trinajstić information content (AvgIpc) is 2.92. The number of hydrogen-bond acceptors (Lipinski definition) is 4. The number of carbonyl (C=O) groups is 2. The number of nitrogens with zero attached hydrogens (tertiary/aromatic N) is 2. The molecule has 0 aliphatic heterocycles. The average molecular weight is 342 g/mol. The Morgan fingerprint density at radius 3 is 2.64 bits per heavy atom. The van der Waals surface area contributed by atoms with Gasteiger partial charge in [0.05, 0.1) is 17.4 Å². The van der Waals surface area contributed by atoms with Crippen LogP contribution in [0.5, 0.6) is 0 Å². The Morgan fingerprint density at radius 2 is 2.00 bits per heavy atom.